The van der Waals surface area contributed by atoms with Crippen LogP contribution in [0, 0.1) is 5.92 Å². The Bertz CT molecular complexity index is 385. The zero-order valence-electron chi connectivity index (χ0n) is 10.9. The van der Waals surface area contributed by atoms with Crippen molar-refractivity contribution in [3.8, 4) is 11.5 Å². The predicted octanol–water partition coefficient (Wildman–Crippen LogP) is 4.02. The molecule has 0 amide bonds. The van der Waals surface area contributed by atoms with Gasteiger partial charge in [-0.25, -0.2) is 0 Å². The molecule has 1 aromatic rings. The third kappa shape index (κ3) is 4.67. The first kappa shape index (κ1) is 17.6. The van der Waals surface area contributed by atoms with E-state index >= 15 is 0 Å². The zero-order valence-corrected chi connectivity index (χ0v) is 13.3. The quantitative estimate of drug-likeness (QED) is 0.852. The van der Waals surface area contributed by atoms with E-state index in [1.54, 1.807) is 6.07 Å². The minimum atomic E-state index is -0.163. The van der Waals surface area contributed by atoms with E-state index in [9.17, 15) is 5.11 Å². The third-order valence-electron chi connectivity index (χ3n) is 2.74. The highest BCUT2D eigenvalue weighted by molar-refractivity contribution is 9.10. The van der Waals surface area contributed by atoms with Crippen molar-refractivity contribution in [3.63, 3.8) is 0 Å². The average molecular weight is 339 g/mol. The topological polar surface area (TPSA) is 55.5 Å². The summed E-state index contributed by atoms with van der Waals surface area (Å²) in [5, 5.41) is 10.0. The van der Waals surface area contributed by atoms with Crippen LogP contribution in [0.2, 0.25) is 0 Å². The monoisotopic (exact) mass is 337 g/mol. The Morgan fingerprint density at radius 3 is 2.44 bits per heavy atom. The molecule has 0 spiro atoms. The first-order valence-electron chi connectivity index (χ1n) is 5.77. The van der Waals surface area contributed by atoms with Gasteiger partial charge in [-0.1, -0.05) is 29.8 Å². The van der Waals surface area contributed by atoms with E-state index in [4.69, 9.17) is 10.5 Å². The Morgan fingerprint density at radius 1 is 1.33 bits per heavy atom. The number of aromatic hydroxyl groups is 1. The lowest BCUT2D eigenvalue weighted by molar-refractivity contribution is 0.366. The summed E-state index contributed by atoms with van der Waals surface area (Å²) in [7, 11) is 1.53. The summed E-state index contributed by atoms with van der Waals surface area (Å²) in [5.74, 6) is 1.21. The molecular formula is C13H21BrClNO2. The Kier molecular flexibility index (Phi) is 7.67. The first-order valence-corrected chi connectivity index (χ1v) is 6.57. The molecule has 0 radical (unpaired) electrons. The highest BCUT2D eigenvalue weighted by Gasteiger charge is 2.16. The summed E-state index contributed by atoms with van der Waals surface area (Å²) in [6, 6.07) is 3.42. The van der Waals surface area contributed by atoms with Crippen molar-refractivity contribution in [1.82, 2.24) is 0 Å². The van der Waals surface area contributed by atoms with Crippen molar-refractivity contribution in [1.29, 1.82) is 0 Å². The van der Waals surface area contributed by atoms with Crippen LogP contribution >= 0.6 is 28.3 Å². The van der Waals surface area contributed by atoms with Crippen LogP contribution in [0.5, 0.6) is 11.5 Å². The van der Waals surface area contributed by atoms with Gasteiger partial charge in [0.05, 0.1) is 7.11 Å². The fraction of sp³-hybridized carbons (Fsp3) is 0.538. The van der Waals surface area contributed by atoms with Gasteiger partial charge in [0.15, 0.2) is 11.5 Å². The highest BCUT2D eigenvalue weighted by atomic mass is 79.9. The molecule has 0 saturated heterocycles. The van der Waals surface area contributed by atoms with Crippen LogP contribution in [-0.2, 0) is 0 Å². The number of nitrogens with two attached hydrogens (primary N) is 1. The third-order valence-corrected chi connectivity index (χ3v) is 3.20. The van der Waals surface area contributed by atoms with Gasteiger partial charge in [0, 0.05) is 16.1 Å². The summed E-state index contributed by atoms with van der Waals surface area (Å²) in [6.45, 7) is 4.32. The summed E-state index contributed by atoms with van der Waals surface area (Å²) < 4.78 is 5.97. The van der Waals surface area contributed by atoms with Crippen molar-refractivity contribution in [3.05, 3.63) is 22.2 Å². The van der Waals surface area contributed by atoms with Gasteiger partial charge in [-0.2, -0.15) is 0 Å². The average Bonchev–Trinajstić information content (AvgIpc) is 2.28. The van der Waals surface area contributed by atoms with Crippen LogP contribution < -0.4 is 10.5 Å². The molecule has 0 aliphatic heterocycles. The van der Waals surface area contributed by atoms with Gasteiger partial charge in [0.1, 0.15) is 0 Å². The van der Waals surface area contributed by atoms with Gasteiger partial charge in [0.25, 0.3) is 0 Å². The number of rotatable bonds is 5. The molecule has 1 atom stereocenters. The molecule has 0 fully saturated rings. The maximum atomic E-state index is 10.0. The van der Waals surface area contributed by atoms with Crippen molar-refractivity contribution < 1.29 is 9.84 Å². The first-order chi connectivity index (χ1) is 7.95. The van der Waals surface area contributed by atoms with E-state index < -0.39 is 0 Å². The van der Waals surface area contributed by atoms with E-state index in [1.807, 2.05) is 6.07 Å². The van der Waals surface area contributed by atoms with Crippen molar-refractivity contribution in [2.45, 2.75) is 32.7 Å². The standard InChI is InChI=1S/C13H20BrNO2.ClH/c1-8(2)4-5-11(15)10-6-9(14)7-12(17-3)13(10)16;/h6-8,11,16H,4-5,15H2,1-3H3;1H/t11-;/m0./s1. The number of phenols is 1. The number of halogens is 2. The molecule has 0 unspecified atom stereocenters. The fourth-order valence-electron chi connectivity index (χ4n) is 1.70. The summed E-state index contributed by atoms with van der Waals surface area (Å²) >= 11 is 3.39. The Balaban J connectivity index is 0.00000289. The minimum Gasteiger partial charge on any atom is -0.504 e. The van der Waals surface area contributed by atoms with Crippen LogP contribution in [0.3, 0.4) is 0 Å². The van der Waals surface area contributed by atoms with Crippen LogP contribution in [-0.4, -0.2) is 12.2 Å². The second-order valence-electron chi connectivity index (χ2n) is 4.62. The van der Waals surface area contributed by atoms with Gasteiger partial charge in [-0.3, -0.25) is 0 Å². The summed E-state index contributed by atoms with van der Waals surface area (Å²) in [6.07, 6.45) is 1.89. The Morgan fingerprint density at radius 2 is 1.94 bits per heavy atom. The van der Waals surface area contributed by atoms with Crippen molar-refractivity contribution in [2.24, 2.45) is 11.7 Å². The molecule has 3 nitrogen and oxygen atoms in total. The van der Waals surface area contributed by atoms with E-state index in [0.717, 1.165) is 22.9 Å². The molecule has 0 saturated carbocycles. The highest BCUT2D eigenvalue weighted by Crippen LogP contribution is 2.37. The molecule has 3 N–H and O–H groups in total. The van der Waals surface area contributed by atoms with Gasteiger partial charge >= 0.3 is 0 Å². The Hall–Kier alpha value is -0.450. The van der Waals surface area contributed by atoms with Crippen LogP contribution in [0.1, 0.15) is 38.3 Å². The molecule has 0 bridgehead atoms. The number of ether oxygens (including phenoxy) is 1. The number of methoxy groups -OCH3 is 1. The van der Waals surface area contributed by atoms with Crippen molar-refractivity contribution in [2.75, 3.05) is 7.11 Å². The van der Waals surface area contributed by atoms with Crippen LogP contribution in [0.15, 0.2) is 16.6 Å². The number of hydrogen-bond donors (Lipinski definition) is 2. The molecule has 1 rings (SSSR count). The fourth-order valence-corrected chi connectivity index (χ4v) is 2.16. The van der Waals surface area contributed by atoms with E-state index in [-0.39, 0.29) is 24.2 Å². The molecule has 5 heteroatoms. The lowest BCUT2D eigenvalue weighted by atomic mass is 9.97. The van der Waals surface area contributed by atoms with Crippen molar-refractivity contribution >= 4 is 28.3 Å². The van der Waals surface area contributed by atoms with Gasteiger partial charge in [-0.05, 0) is 30.9 Å². The number of hydrogen-bond acceptors (Lipinski definition) is 3. The van der Waals surface area contributed by atoms with Crippen LogP contribution in [0.25, 0.3) is 0 Å². The van der Waals surface area contributed by atoms with Gasteiger partial charge in [0.2, 0.25) is 0 Å². The predicted molar refractivity (Wildman–Crippen MR) is 80.6 cm³/mol. The molecule has 1 aromatic carbocycles. The molecule has 0 aromatic heterocycles. The van der Waals surface area contributed by atoms with Crippen LogP contribution in [0.4, 0.5) is 0 Å². The molecular weight excluding hydrogens is 318 g/mol. The lowest BCUT2D eigenvalue weighted by Gasteiger charge is -2.17. The number of benzene rings is 1. The van der Waals surface area contributed by atoms with E-state index in [2.05, 4.69) is 29.8 Å². The molecule has 104 valence electrons. The smallest absolute Gasteiger partial charge is 0.162 e. The van der Waals surface area contributed by atoms with Gasteiger partial charge in [-0.15, -0.1) is 12.4 Å². The second-order valence-corrected chi connectivity index (χ2v) is 5.54. The molecule has 0 heterocycles. The van der Waals surface area contributed by atoms with E-state index in [1.165, 1.54) is 7.11 Å². The normalized spacial score (nSPS) is 12.1. The molecule has 0 aliphatic carbocycles. The summed E-state index contributed by atoms with van der Waals surface area (Å²) in [5.41, 5.74) is 6.83. The van der Waals surface area contributed by atoms with E-state index in [0.29, 0.717) is 11.7 Å². The molecule has 0 aliphatic rings. The second kappa shape index (κ2) is 7.87. The summed E-state index contributed by atoms with van der Waals surface area (Å²) in [4.78, 5) is 0. The minimum absolute atomic E-state index is 0. The maximum absolute atomic E-state index is 10.0. The molecule has 18 heavy (non-hydrogen) atoms. The largest absolute Gasteiger partial charge is 0.504 e. The zero-order chi connectivity index (χ0) is 13.0. The maximum Gasteiger partial charge on any atom is 0.162 e. The lowest BCUT2D eigenvalue weighted by Crippen LogP contribution is -2.11. The SMILES string of the molecule is COc1cc(Br)cc([C@@H](N)CCC(C)C)c1O.Cl. The number of phenolic OH excluding ortho intramolecular Hbond substituents is 1. The van der Waals surface area contributed by atoms with Gasteiger partial charge < -0.3 is 15.6 Å². The Labute approximate surface area is 123 Å².